The zero-order valence-corrected chi connectivity index (χ0v) is 14.1. The highest BCUT2D eigenvalue weighted by atomic mass is 16.5. The van der Waals surface area contributed by atoms with Gasteiger partial charge in [-0.2, -0.15) is 0 Å². The number of carbonyl (C=O) groups is 1. The van der Waals surface area contributed by atoms with Crippen LogP contribution in [0.3, 0.4) is 0 Å². The third-order valence-corrected chi connectivity index (χ3v) is 4.76. The fourth-order valence-electron chi connectivity index (χ4n) is 3.38. The Kier molecular flexibility index (Phi) is 4.68. The van der Waals surface area contributed by atoms with E-state index in [0.29, 0.717) is 6.54 Å². The van der Waals surface area contributed by atoms with E-state index in [1.54, 1.807) is 7.11 Å². The molecule has 3 rings (SSSR count). The summed E-state index contributed by atoms with van der Waals surface area (Å²) in [5.41, 5.74) is 3.65. The molecule has 5 nitrogen and oxygen atoms in total. The second kappa shape index (κ2) is 6.72. The molecule has 0 spiro atoms. The van der Waals surface area contributed by atoms with Crippen LogP contribution in [0, 0.1) is 6.92 Å². The fourth-order valence-corrected chi connectivity index (χ4v) is 3.38. The van der Waals surface area contributed by atoms with E-state index >= 15 is 0 Å². The zero-order chi connectivity index (χ0) is 16.4. The lowest BCUT2D eigenvalue weighted by Gasteiger charge is -2.18. The summed E-state index contributed by atoms with van der Waals surface area (Å²) in [5, 5.41) is 4.30. The molecule has 0 saturated carbocycles. The van der Waals surface area contributed by atoms with Crippen LogP contribution < -0.4 is 5.32 Å². The van der Waals surface area contributed by atoms with Gasteiger partial charge in [-0.15, -0.1) is 0 Å². The van der Waals surface area contributed by atoms with Gasteiger partial charge in [-0.3, -0.25) is 9.69 Å². The maximum absolute atomic E-state index is 12.3. The predicted molar refractivity (Wildman–Crippen MR) is 91.6 cm³/mol. The third-order valence-electron chi connectivity index (χ3n) is 4.76. The van der Waals surface area contributed by atoms with Crippen LogP contribution >= 0.6 is 0 Å². The number of fused-ring (bicyclic) bond motifs is 1. The topological polar surface area (TPSA) is 57.4 Å². The Bertz CT molecular complexity index is 695. The van der Waals surface area contributed by atoms with Gasteiger partial charge >= 0.3 is 0 Å². The van der Waals surface area contributed by atoms with Crippen LogP contribution in [-0.2, 0) is 16.0 Å². The molecule has 1 fully saturated rings. The number of benzene rings is 1. The minimum absolute atomic E-state index is 0.0782. The van der Waals surface area contributed by atoms with Crippen molar-refractivity contribution < 1.29 is 9.53 Å². The molecule has 1 amide bonds. The van der Waals surface area contributed by atoms with Gasteiger partial charge < -0.3 is 15.0 Å². The van der Waals surface area contributed by atoms with Crippen molar-refractivity contribution in [2.24, 2.45) is 0 Å². The molecule has 1 saturated heterocycles. The maximum Gasteiger partial charge on any atom is 0.237 e. The van der Waals surface area contributed by atoms with Crippen LogP contribution in [0.5, 0.6) is 0 Å². The van der Waals surface area contributed by atoms with E-state index in [4.69, 9.17) is 4.74 Å². The summed E-state index contributed by atoms with van der Waals surface area (Å²) in [6, 6.07) is 6.34. The Morgan fingerprint density at radius 3 is 3.04 bits per heavy atom. The first-order valence-corrected chi connectivity index (χ1v) is 8.16. The van der Waals surface area contributed by atoms with Crippen molar-refractivity contribution in [3.8, 4) is 0 Å². The number of rotatable bonds is 5. The summed E-state index contributed by atoms with van der Waals surface area (Å²) >= 11 is 0. The number of aromatic amines is 1. The van der Waals surface area contributed by atoms with Crippen LogP contribution in [0.25, 0.3) is 10.9 Å². The monoisotopic (exact) mass is 315 g/mol. The van der Waals surface area contributed by atoms with Gasteiger partial charge in [0.15, 0.2) is 0 Å². The number of likely N-dealkylation sites (tertiary alicyclic amines) is 1. The zero-order valence-electron chi connectivity index (χ0n) is 14.1. The predicted octanol–water partition coefficient (Wildman–Crippen LogP) is 1.85. The lowest BCUT2D eigenvalue weighted by molar-refractivity contribution is -0.125. The number of hydrogen-bond acceptors (Lipinski definition) is 3. The molecule has 0 unspecified atom stereocenters. The number of likely N-dealkylation sites (N-methyl/N-ethyl adjacent to an activating group) is 1. The standard InChI is InChI=1S/C18H25N3O2/c1-12-4-5-15-13(10-20-16(15)8-12)6-7-19-18(22)17-9-14(23-3)11-21(17)2/h4-5,8,10,14,17,20H,6-7,9,11H2,1-3H3,(H,19,22)/t14-,17-/m0/s1. The number of nitrogens with zero attached hydrogens (tertiary/aromatic N) is 1. The van der Waals surface area contributed by atoms with Crippen molar-refractivity contribution in [1.29, 1.82) is 0 Å². The molecule has 1 aromatic carbocycles. The first-order valence-electron chi connectivity index (χ1n) is 8.16. The number of aryl methyl sites for hydroxylation is 1. The normalized spacial score (nSPS) is 21.9. The molecular formula is C18H25N3O2. The molecular weight excluding hydrogens is 290 g/mol. The van der Waals surface area contributed by atoms with Crippen molar-refractivity contribution >= 4 is 16.8 Å². The minimum atomic E-state index is -0.0782. The Morgan fingerprint density at radius 1 is 1.48 bits per heavy atom. The smallest absolute Gasteiger partial charge is 0.237 e. The highest BCUT2D eigenvalue weighted by Crippen LogP contribution is 2.20. The quantitative estimate of drug-likeness (QED) is 0.885. The van der Waals surface area contributed by atoms with Crippen LogP contribution in [0.1, 0.15) is 17.5 Å². The summed E-state index contributed by atoms with van der Waals surface area (Å²) in [6.45, 7) is 3.56. The van der Waals surface area contributed by atoms with Gasteiger partial charge in [0.1, 0.15) is 0 Å². The average Bonchev–Trinajstić information content (AvgIpc) is 3.10. The summed E-state index contributed by atoms with van der Waals surface area (Å²) in [7, 11) is 3.68. The number of nitrogens with one attached hydrogen (secondary N) is 2. The number of methoxy groups -OCH3 is 1. The molecule has 2 N–H and O–H groups in total. The molecule has 0 radical (unpaired) electrons. The van der Waals surface area contributed by atoms with Crippen molar-refractivity contribution in [2.75, 3.05) is 27.2 Å². The summed E-state index contributed by atoms with van der Waals surface area (Å²) < 4.78 is 5.36. The van der Waals surface area contributed by atoms with E-state index in [2.05, 4.69) is 40.3 Å². The van der Waals surface area contributed by atoms with Gasteiger partial charge in [-0.05, 0) is 44.0 Å². The van der Waals surface area contributed by atoms with Crippen LogP contribution in [0.15, 0.2) is 24.4 Å². The van der Waals surface area contributed by atoms with Crippen LogP contribution in [0.4, 0.5) is 0 Å². The number of carbonyl (C=O) groups excluding carboxylic acids is 1. The summed E-state index contributed by atoms with van der Waals surface area (Å²) in [6.07, 6.45) is 3.80. The number of amides is 1. The summed E-state index contributed by atoms with van der Waals surface area (Å²) in [5.74, 6) is 0.0998. The molecule has 1 aliphatic rings. The van der Waals surface area contributed by atoms with Gasteiger partial charge in [0.25, 0.3) is 0 Å². The Morgan fingerprint density at radius 2 is 2.30 bits per heavy atom. The SMILES string of the molecule is CO[C@H]1C[C@@H](C(=O)NCCc2c[nH]c3cc(C)ccc23)N(C)C1. The van der Waals surface area contributed by atoms with Gasteiger partial charge in [-0.25, -0.2) is 0 Å². The molecule has 0 aliphatic carbocycles. The van der Waals surface area contributed by atoms with E-state index < -0.39 is 0 Å². The second-order valence-electron chi connectivity index (χ2n) is 6.45. The minimum Gasteiger partial charge on any atom is -0.380 e. The highest BCUT2D eigenvalue weighted by molar-refractivity contribution is 5.84. The van der Waals surface area contributed by atoms with Crippen LogP contribution in [0.2, 0.25) is 0 Å². The van der Waals surface area contributed by atoms with E-state index in [1.165, 1.54) is 16.5 Å². The van der Waals surface area contributed by atoms with Crippen molar-refractivity contribution in [2.45, 2.75) is 31.9 Å². The largest absolute Gasteiger partial charge is 0.380 e. The first-order chi connectivity index (χ1) is 11.1. The first kappa shape index (κ1) is 16.0. The number of ether oxygens (including phenoxy) is 1. The number of H-pyrrole nitrogens is 1. The molecule has 124 valence electrons. The van der Waals surface area contributed by atoms with E-state index in [1.807, 2.05) is 13.2 Å². The van der Waals surface area contributed by atoms with E-state index in [-0.39, 0.29) is 18.1 Å². The number of aromatic nitrogens is 1. The molecule has 23 heavy (non-hydrogen) atoms. The number of hydrogen-bond donors (Lipinski definition) is 2. The van der Waals surface area contributed by atoms with Gasteiger partial charge in [-0.1, -0.05) is 12.1 Å². The second-order valence-corrected chi connectivity index (χ2v) is 6.45. The van der Waals surface area contributed by atoms with E-state index in [0.717, 1.165) is 24.9 Å². The molecule has 2 aromatic rings. The maximum atomic E-state index is 12.3. The molecule has 1 aromatic heterocycles. The summed E-state index contributed by atoms with van der Waals surface area (Å²) in [4.78, 5) is 17.7. The van der Waals surface area contributed by atoms with E-state index in [9.17, 15) is 4.79 Å². The van der Waals surface area contributed by atoms with Gasteiger partial charge in [0, 0.05) is 37.3 Å². The van der Waals surface area contributed by atoms with Crippen molar-refractivity contribution in [3.05, 3.63) is 35.5 Å². The molecule has 5 heteroatoms. The third kappa shape index (κ3) is 3.41. The van der Waals surface area contributed by atoms with Crippen LogP contribution in [-0.4, -0.2) is 55.2 Å². The average molecular weight is 315 g/mol. The van der Waals surface area contributed by atoms with Crippen molar-refractivity contribution in [1.82, 2.24) is 15.2 Å². The Labute approximate surface area is 137 Å². The Hall–Kier alpha value is -1.85. The Balaban J connectivity index is 1.55. The lowest BCUT2D eigenvalue weighted by Crippen LogP contribution is -2.42. The fraction of sp³-hybridized carbons (Fsp3) is 0.500. The van der Waals surface area contributed by atoms with Gasteiger partial charge in [0.2, 0.25) is 5.91 Å². The molecule has 2 heterocycles. The molecule has 2 atom stereocenters. The van der Waals surface area contributed by atoms with Gasteiger partial charge in [0.05, 0.1) is 12.1 Å². The molecule has 0 bridgehead atoms. The molecule has 1 aliphatic heterocycles. The van der Waals surface area contributed by atoms with Crippen molar-refractivity contribution in [3.63, 3.8) is 0 Å². The highest BCUT2D eigenvalue weighted by Gasteiger charge is 2.34. The lowest BCUT2D eigenvalue weighted by atomic mass is 10.1.